The van der Waals surface area contributed by atoms with Gasteiger partial charge in [0, 0.05) is 11.5 Å². The summed E-state index contributed by atoms with van der Waals surface area (Å²) in [4.78, 5) is 26.3. The van der Waals surface area contributed by atoms with Crippen molar-refractivity contribution in [3.8, 4) is 23.0 Å². The molecule has 0 saturated carbocycles. The zero-order chi connectivity index (χ0) is 20.6. The van der Waals surface area contributed by atoms with E-state index in [0.29, 0.717) is 16.4 Å². The van der Waals surface area contributed by atoms with E-state index in [1.165, 1.54) is 24.3 Å². The first-order valence-corrected chi connectivity index (χ1v) is 7.73. The molecular weight excluding hydrogens is 372 g/mol. The van der Waals surface area contributed by atoms with Crippen LogP contribution in [0.1, 0.15) is 21.0 Å². The summed E-state index contributed by atoms with van der Waals surface area (Å²) in [7, 11) is 0. The highest BCUT2D eigenvalue weighted by Gasteiger charge is 2.18. The molecule has 0 fully saturated rings. The first-order chi connectivity index (χ1) is 13.2. The van der Waals surface area contributed by atoms with Gasteiger partial charge in [-0.15, -0.1) is 0 Å². The van der Waals surface area contributed by atoms with Crippen molar-refractivity contribution in [1.82, 2.24) is 9.97 Å². The number of carboxylic acids is 2. The second-order valence-corrected chi connectivity index (χ2v) is 5.77. The molecule has 10 heteroatoms. The third-order valence-corrected chi connectivity index (χ3v) is 3.94. The monoisotopic (exact) mass is 386 g/mol. The van der Waals surface area contributed by atoms with Crippen LogP contribution in [0.4, 0.5) is 0 Å². The van der Waals surface area contributed by atoms with Gasteiger partial charge in [-0.2, -0.15) is 0 Å². The number of aromatic nitrogens is 2. The highest BCUT2D eigenvalue weighted by atomic mass is 16.4. The average Bonchev–Trinajstić information content (AvgIpc) is 3.18. The van der Waals surface area contributed by atoms with E-state index in [9.17, 15) is 19.8 Å². The van der Waals surface area contributed by atoms with Crippen molar-refractivity contribution in [3.05, 3.63) is 47.8 Å². The molecule has 2 heterocycles. The van der Waals surface area contributed by atoms with Gasteiger partial charge in [0.2, 0.25) is 0 Å². The predicted molar refractivity (Wildman–Crippen MR) is 97.2 cm³/mol. The Bertz CT molecular complexity index is 1180. The Hall–Kier alpha value is -4.34. The minimum atomic E-state index is -1.27. The molecule has 28 heavy (non-hydrogen) atoms. The smallest absolute Gasteiger partial charge is 0.356 e. The number of phenols is 3. The van der Waals surface area contributed by atoms with E-state index in [4.69, 9.17) is 20.4 Å². The van der Waals surface area contributed by atoms with Gasteiger partial charge in [-0.1, -0.05) is 6.07 Å². The van der Waals surface area contributed by atoms with E-state index >= 15 is 0 Å². The summed E-state index contributed by atoms with van der Waals surface area (Å²) in [5.74, 6) is -3.49. The zero-order valence-corrected chi connectivity index (χ0v) is 14.0. The van der Waals surface area contributed by atoms with Crippen molar-refractivity contribution in [3.63, 3.8) is 0 Å². The summed E-state index contributed by atoms with van der Waals surface area (Å²) in [6.07, 6.45) is 0. The number of nitrogens with one attached hydrogen (secondary N) is 2. The highest BCUT2D eigenvalue weighted by molar-refractivity contribution is 6.02. The van der Waals surface area contributed by atoms with Crippen molar-refractivity contribution >= 4 is 33.7 Å². The van der Waals surface area contributed by atoms with Crippen LogP contribution in [0.3, 0.4) is 0 Å². The van der Waals surface area contributed by atoms with E-state index < -0.39 is 17.7 Å². The number of H-pyrrole nitrogens is 2. The van der Waals surface area contributed by atoms with Gasteiger partial charge in [-0.05, 0) is 24.3 Å². The summed E-state index contributed by atoms with van der Waals surface area (Å²) in [6.45, 7) is 0. The predicted octanol–water partition coefficient (Wildman–Crippen LogP) is 2.55. The van der Waals surface area contributed by atoms with Crippen LogP contribution in [0, 0.1) is 0 Å². The second-order valence-electron chi connectivity index (χ2n) is 5.77. The number of hydrogen-bond acceptors (Lipinski definition) is 6. The van der Waals surface area contributed by atoms with Crippen LogP contribution < -0.4 is 0 Å². The molecular formula is C18H14N2O8. The number of phenolic OH excluding ortho intramolecular Hbond substituents is 3. The lowest BCUT2D eigenvalue weighted by atomic mass is 10.2. The fourth-order valence-electron chi connectivity index (χ4n) is 2.64. The van der Waals surface area contributed by atoms with Gasteiger partial charge in [0.05, 0.1) is 16.4 Å². The number of rotatable bonds is 2. The number of aromatic hydroxyl groups is 4. The molecule has 0 aliphatic rings. The third-order valence-electron chi connectivity index (χ3n) is 3.94. The van der Waals surface area contributed by atoms with E-state index in [0.717, 1.165) is 0 Å². The molecule has 4 aromatic rings. The molecule has 0 aliphatic carbocycles. The Kier molecular flexibility index (Phi) is 4.45. The fraction of sp³-hybridized carbons (Fsp3) is 0. The number of carboxylic acid groups (broad SMARTS) is 2. The zero-order valence-electron chi connectivity index (χ0n) is 14.0. The molecule has 0 saturated heterocycles. The molecule has 0 amide bonds. The van der Waals surface area contributed by atoms with Crippen LogP contribution >= 0.6 is 0 Å². The number of fused-ring (bicyclic) bond motifs is 2. The van der Waals surface area contributed by atoms with Crippen molar-refractivity contribution in [2.45, 2.75) is 0 Å². The lowest BCUT2D eigenvalue weighted by Gasteiger charge is -1.95. The Balaban J connectivity index is 0.000000161. The summed E-state index contributed by atoms with van der Waals surface area (Å²) in [5.41, 5.74) is 0.559. The molecule has 144 valence electrons. The lowest BCUT2D eigenvalue weighted by molar-refractivity contribution is 0.0679. The van der Waals surface area contributed by atoms with Gasteiger partial charge in [-0.25, -0.2) is 9.59 Å². The second kappa shape index (κ2) is 6.76. The summed E-state index contributed by atoms with van der Waals surface area (Å²) < 4.78 is 0. The van der Waals surface area contributed by atoms with Crippen LogP contribution in [0.5, 0.6) is 23.0 Å². The summed E-state index contributed by atoms with van der Waals surface area (Å²) >= 11 is 0. The minimum Gasteiger partial charge on any atom is -0.507 e. The molecule has 4 rings (SSSR count). The Morgan fingerprint density at radius 3 is 2.04 bits per heavy atom. The summed E-state index contributed by atoms with van der Waals surface area (Å²) in [5, 5.41) is 55.2. The van der Waals surface area contributed by atoms with Crippen LogP contribution in [0.15, 0.2) is 36.4 Å². The number of aromatic carboxylic acids is 2. The Labute approximate surface area is 155 Å². The van der Waals surface area contributed by atoms with Gasteiger partial charge in [0.1, 0.15) is 11.4 Å². The number of hydrogen-bond donors (Lipinski definition) is 8. The van der Waals surface area contributed by atoms with E-state index in [1.54, 1.807) is 12.1 Å². The molecule has 0 aliphatic heterocycles. The molecule has 2 aromatic heterocycles. The number of aromatic amines is 2. The highest BCUT2D eigenvalue weighted by Crippen LogP contribution is 2.35. The molecule has 0 unspecified atom stereocenters. The third kappa shape index (κ3) is 3.21. The normalized spacial score (nSPS) is 10.6. The van der Waals surface area contributed by atoms with Gasteiger partial charge < -0.3 is 40.6 Å². The number of benzene rings is 2. The van der Waals surface area contributed by atoms with Crippen LogP contribution in [0.25, 0.3) is 21.8 Å². The molecule has 0 spiro atoms. The van der Waals surface area contributed by atoms with E-state index in [2.05, 4.69) is 9.97 Å². The molecule has 0 radical (unpaired) electrons. The lowest BCUT2D eigenvalue weighted by Crippen LogP contribution is -1.95. The maximum absolute atomic E-state index is 10.6. The van der Waals surface area contributed by atoms with Gasteiger partial charge in [0.25, 0.3) is 0 Å². The van der Waals surface area contributed by atoms with Crippen molar-refractivity contribution in [2.75, 3.05) is 0 Å². The van der Waals surface area contributed by atoms with Crippen LogP contribution in [0.2, 0.25) is 0 Å². The van der Waals surface area contributed by atoms with Crippen molar-refractivity contribution in [1.29, 1.82) is 0 Å². The standard InChI is InChI=1S/2C9H7NO4/c11-7-2-4-1-6(9(13)14)10-5(4)3-8(7)12;11-5-3-1-2-4-6(5)8(12)7(10-4)9(13)14/h2*1-3,10-12H,(H,13,14). The van der Waals surface area contributed by atoms with Crippen LogP contribution in [-0.2, 0) is 0 Å². The summed E-state index contributed by atoms with van der Waals surface area (Å²) in [6, 6.07) is 8.46. The SMILES string of the molecule is O=C(O)c1[nH]c2cccc(O)c2c1O.O=C(O)c1cc2cc(O)c(O)cc2[nH]1. The molecule has 8 N–H and O–H groups in total. The fourth-order valence-corrected chi connectivity index (χ4v) is 2.64. The maximum Gasteiger partial charge on any atom is 0.356 e. The topological polar surface area (TPSA) is 187 Å². The van der Waals surface area contributed by atoms with Gasteiger partial charge in [-0.3, -0.25) is 0 Å². The van der Waals surface area contributed by atoms with E-state index in [-0.39, 0.29) is 34.0 Å². The molecule has 0 atom stereocenters. The first kappa shape index (κ1) is 18.5. The van der Waals surface area contributed by atoms with Crippen molar-refractivity contribution < 1.29 is 40.2 Å². The largest absolute Gasteiger partial charge is 0.507 e. The quantitative estimate of drug-likeness (QED) is 0.241. The average molecular weight is 386 g/mol. The molecule has 2 aromatic carbocycles. The minimum absolute atomic E-state index is 0.0185. The van der Waals surface area contributed by atoms with Crippen molar-refractivity contribution in [2.24, 2.45) is 0 Å². The number of carbonyl (C=O) groups is 2. The Morgan fingerprint density at radius 2 is 1.43 bits per heavy atom. The maximum atomic E-state index is 10.6. The Morgan fingerprint density at radius 1 is 0.750 bits per heavy atom. The molecule has 0 bridgehead atoms. The van der Waals surface area contributed by atoms with E-state index in [1.807, 2.05) is 0 Å². The van der Waals surface area contributed by atoms with Gasteiger partial charge >= 0.3 is 11.9 Å². The van der Waals surface area contributed by atoms with Crippen LogP contribution in [-0.4, -0.2) is 52.5 Å². The van der Waals surface area contributed by atoms with Gasteiger partial charge in [0.15, 0.2) is 22.9 Å². The first-order valence-electron chi connectivity index (χ1n) is 7.73. The molecule has 10 nitrogen and oxygen atoms in total.